The Balaban J connectivity index is 1.43. The van der Waals surface area contributed by atoms with Crippen LogP contribution in [0, 0.1) is 5.92 Å². The lowest BCUT2D eigenvalue weighted by atomic mass is 9.91. The Morgan fingerprint density at radius 3 is 2.27 bits per heavy atom. The van der Waals surface area contributed by atoms with Gasteiger partial charge in [0.25, 0.3) is 0 Å². The average molecular weight is 523 g/mol. The number of carbonyl (C=O) groups is 1. The fourth-order valence-corrected chi connectivity index (χ4v) is 5.16. The quantitative estimate of drug-likeness (QED) is 0.279. The molecule has 3 aromatic carbocycles. The molecule has 0 unspecified atom stereocenters. The zero-order chi connectivity index (χ0) is 26.0. The van der Waals surface area contributed by atoms with Gasteiger partial charge in [0.15, 0.2) is 6.29 Å². The molecule has 0 aliphatic carbocycles. The van der Waals surface area contributed by atoms with Crippen molar-refractivity contribution in [2.24, 2.45) is 5.92 Å². The van der Waals surface area contributed by atoms with Gasteiger partial charge in [0.2, 0.25) is 0 Å². The maximum atomic E-state index is 12.3. The van der Waals surface area contributed by atoms with Crippen LogP contribution < -0.4 is 10.6 Å². The molecule has 4 N–H and O–H groups in total. The van der Waals surface area contributed by atoms with Crippen LogP contribution in [0.1, 0.15) is 41.6 Å². The number of nitrogens with one attached hydrogen (secondary N) is 2. The highest BCUT2D eigenvalue weighted by Crippen LogP contribution is 2.42. The monoisotopic (exact) mass is 522 g/mol. The molecule has 0 aromatic heterocycles. The molecular weight excluding hydrogens is 488 g/mol. The maximum absolute atomic E-state index is 12.3. The number of hydrogen-bond acceptors (Lipinski definition) is 6. The number of urea groups is 1. The predicted molar refractivity (Wildman–Crippen MR) is 146 cm³/mol. The Labute approximate surface area is 222 Å². The predicted octanol–water partition coefficient (Wildman–Crippen LogP) is 5.02. The highest BCUT2D eigenvalue weighted by Gasteiger charge is 2.38. The summed E-state index contributed by atoms with van der Waals surface area (Å²) in [4.78, 5) is 12.3. The van der Waals surface area contributed by atoms with Crippen LogP contribution in [0.4, 0.5) is 10.5 Å². The largest absolute Gasteiger partial charge is 0.396 e. The molecule has 0 saturated carbocycles. The molecule has 196 valence electrons. The third kappa shape index (κ3) is 7.56. The Morgan fingerprint density at radius 1 is 0.892 bits per heavy atom. The molecule has 37 heavy (non-hydrogen) atoms. The number of aliphatic hydroxyl groups is 2. The number of thioether (sulfide) groups is 1. The Hall–Kier alpha value is -2.88. The Kier molecular flexibility index (Phi) is 9.99. The molecule has 0 spiro atoms. The topological polar surface area (TPSA) is 100 Å². The van der Waals surface area contributed by atoms with E-state index in [9.17, 15) is 15.0 Å². The lowest BCUT2D eigenvalue weighted by Gasteiger charge is -2.41. The van der Waals surface area contributed by atoms with Crippen molar-refractivity contribution in [1.29, 1.82) is 0 Å². The van der Waals surface area contributed by atoms with Gasteiger partial charge in [-0.25, -0.2) is 4.79 Å². The van der Waals surface area contributed by atoms with E-state index in [1.807, 2.05) is 78.9 Å². The van der Waals surface area contributed by atoms with E-state index in [-0.39, 0.29) is 37.4 Å². The SMILES string of the molecule is C[C@H]1[C@@H](CSCCO)O[C@@H](c2ccc(NC(=O)NCc3ccccc3)cc2)O[C@H]1c1ccc(CO)cc1. The van der Waals surface area contributed by atoms with E-state index in [1.54, 1.807) is 11.8 Å². The van der Waals surface area contributed by atoms with Crippen LogP contribution in [0.2, 0.25) is 0 Å². The van der Waals surface area contributed by atoms with Crippen molar-refractivity contribution in [3.63, 3.8) is 0 Å². The number of aliphatic hydroxyl groups excluding tert-OH is 2. The minimum Gasteiger partial charge on any atom is -0.396 e. The second-order valence-electron chi connectivity index (χ2n) is 9.04. The number of anilines is 1. The number of hydrogen-bond donors (Lipinski definition) is 4. The summed E-state index contributed by atoms with van der Waals surface area (Å²) in [6.45, 7) is 2.69. The van der Waals surface area contributed by atoms with E-state index in [0.29, 0.717) is 18.0 Å². The maximum Gasteiger partial charge on any atom is 0.319 e. The minimum absolute atomic E-state index is 0.00180. The molecule has 1 heterocycles. The first-order valence-electron chi connectivity index (χ1n) is 12.5. The van der Waals surface area contributed by atoms with Gasteiger partial charge in [0.05, 0.1) is 25.4 Å². The van der Waals surface area contributed by atoms with Gasteiger partial charge in [-0.2, -0.15) is 11.8 Å². The van der Waals surface area contributed by atoms with E-state index >= 15 is 0 Å². The van der Waals surface area contributed by atoms with Crippen molar-refractivity contribution < 1.29 is 24.5 Å². The van der Waals surface area contributed by atoms with Crippen molar-refractivity contribution >= 4 is 23.5 Å². The highest BCUT2D eigenvalue weighted by atomic mass is 32.2. The lowest BCUT2D eigenvalue weighted by Crippen LogP contribution is -2.38. The van der Waals surface area contributed by atoms with Crippen LogP contribution in [-0.2, 0) is 22.6 Å². The van der Waals surface area contributed by atoms with E-state index in [2.05, 4.69) is 17.6 Å². The molecule has 3 aromatic rings. The summed E-state index contributed by atoms with van der Waals surface area (Å²) < 4.78 is 12.8. The molecule has 2 amide bonds. The number of ether oxygens (including phenoxy) is 2. The summed E-state index contributed by atoms with van der Waals surface area (Å²) in [5.74, 6) is 1.49. The van der Waals surface area contributed by atoms with Crippen molar-refractivity contribution in [1.82, 2.24) is 5.32 Å². The standard InChI is InChI=1S/C29H34N2O5S/c1-20-26(19-37-16-15-32)35-28(36-27(20)23-9-7-22(18-33)8-10-23)24-11-13-25(14-12-24)31-29(34)30-17-21-5-3-2-4-6-21/h2-14,20,26-28,32-33H,15-19H2,1H3,(H2,30,31,34)/t20-,26+,27+,28+/m0/s1. The Bertz CT molecular complexity index is 1110. The first-order valence-corrected chi connectivity index (χ1v) is 13.6. The van der Waals surface area contributed by atoms with Gasteiger partial charge in [-0.05, 0) is 28.8 Å². The van der Waals surface area contributed by atoms with Crippen LogP contribution in [-0.4, -0.2) is 40.5 Å². The van der Waals surface area contributed by atoms with Crippen molar-refractivity contribution in [2.75, 3.05) is 23.4 Å². The summed E-state index contributed by atoms with van der Waals surface area (Å²) >= 11 is 1.66. The number of benzene rings is 3. The zero-order valence-corrected chi connectivity index (χ0v) is 21.7. The summed E-state index contributed by atoms with van der Waals surface area (Å²) in [5, 5.41) is 24.3. The second kappa shape index (κ2) is 13.6. The number of carbonyl (C=O) groups excluding carboxylic acids is 1. The van der Waals surface area contributed by atoms with Gasteiger partial charge < -0.3 is 30.3 Å². The van der Waals surface area contributed by atoms with Gasteiger partial charge in [0, 0.05) is 35.2 Å². The summed E-state index contributed by atoms with van der Waals surface area (Å²) in [6.07, 6.45) is -0.827. The smallest absolute Gasteiger partial charge is 0.319 e. The Morgan fingerprint density at radius 2 is 1.59 bits per heavy atom. The normalized spacial score (nSPS) is 21.4. The summed E-state index contributed by atoms with van der Waals surface area (Å²) in [6, 6.07) is 24.8. The van der Waals surface area contributed by atoms with Gasteiger partial charge >= 0.3 is 6.03 Å². The van der Waals surface area contributed by atoms with E-state index in [0.717, 1.165) is 28.0 Å². The van der Waals surface area contributed by atoms with E-state index in [4.69, 9.17) is 9.47 Å². The second-order valence-corrected chi connectivity index (χ2v) is 10.2. The molecule has 0 bridgehead atoms. The number of rotatable bonds is 10. The van der Waals surface area contributed by atoms with Crippen molar-refractivity contribution in [3.8, 4) is 0 Å². The summed E-state index contributed by atoms with van der Waals surface area (Å²) in [7, 11) is 0. The van der Waals surface area contributed by atoms with Crippen molar-refractivity contribution in [2.45, 2.75) is 38.6 Å². The van der Waals surface area contributed by atoms with Crippen LogP contribution in [0.25, 0.3) is 0 Å². The molecule has 1 aliphatic rings. The fraction of sp³-hybridized carbons (Fsp3) is 0.345. The minimum atomic E-state index is -0.570. The van der Waals surface area contributed by atoms with E-state index < -0.39 is 6.29 Å². The van der Waals surface area contributed by atoms with E-state index in [1.165, 1.54) is 0 Å². The van der Waals surface area contributed by atoms with Crippen molar-refractivity contribution in [3.05, 3.63) is 101 Å². The molecule has 4 rings (SSSR count). The van der Waals surface area contributed by atoms with Gasteiger partial charge in [0.1, 0.15) is 0 Å². The van der Waals surface area contributed by atoms with Crippen LogP contribution in [0.5, 0.6) is 0 Å². The van der Waals surface area contributed by atoms with Crippen LogP contribution in [0.15, 0.2) is 78.9 Å². The third-order valence-corrected chi connectivity index (χ3v) is 7.41. The van der Waals surface area contributed by atoms with Gasteiger partial charge in [-0.3, -0.25) is 0 Å². The van der Waals surface area contributed by atoms with Gasteiger partial charge in [-0.1, -0.05) is 73.7 Å². The average Bonchev–Trinajstić information content (AvgIpc) is 2.94. The third-order valence-electron chi connectivity index (χ3n) is 6.38. The fourth-order valence-electron chi connectivity index (χ4n) is 4.25. The summed E-state index contributed by atoms with van der Waals surface area (Å²) in [5.41, 5.74) is 4.44. The number of amides is 2. The molecule has 1 aliphatic heterocycles. The lowest BCUT2D eigenvalue weighted by molar-refractivity contribution is -0.268. The molecule has 8 heteroatoms. The molecule has 4 atom stereocenters. The molecule has 1 fully saturated rings. The first-order chi connectivity index (χ1) is 18.1. The zero-order valence-electron chi connectivity index (χ0n) is 20.9. The molecule has 1 saturated heterocycles. The van der Waals surface area contributed by atoms with Gasteiger partial charge in [-0.15, -0.1) is 0 Å². The van der Waals surface area contributed by atoms with Crippen LogP contribution >= 0.6 is 11.8 Å². The van der Waals surface area contributed by atoms with Crippen LogP contribution in [0.3, 0.4) is 0 Å². The molecule has 0 radical (unpaired) electrons. The first kappa shape index (κ1) is 27.2. The highest BCUT2D eigenvalue weighted by molar-refractivity contribution is 7.99. The molecular formula is C29H34N2O5S. The molecule has 7 nitrogen and oxygen atoms in total.